The first-order valence-corrected chi connectivity index (χ1v) is 15.1. The number of fused-ring (bicyclic) bond motifs is 1. The summed E-state index contributed by atoms with van der Waals surface area (Å²) in [5, 5.41) is 14.0. The van der Waals surface area contributed by atoms with E-state index in [1.807, 2.05) is 37.3 Å². The smallest absolute Gasteiger partial charge is 0.407 e. The van der Waals surface area contributed by atoms with Gasteiger partial charge in [0.05, 0.1) is 16.6 Å². The largest absolute Gasteiger partial charge is 0.489 e. The molecule has 1 amide bonds. The van der Waals surface area contributed by atoms with Gasteiger partial charge in [0.1, 0.15) is 24.1 Å². The van der Waals surface area contributed by atoms with Gasteiger partial charge in [-0.2, -0.15) is 0 Å². The van der Waals surface area contributed by atoms with E-state index in [4.69, 9.17) is 9.47 Å². The molecule has 0 fully saturated rings. The molecule has 3 aromatic rings. The lowest BCUT2D eigenvalue weighted by atomic mass is 9.88. The van der Waals surface area contributed by atoms with Gasteiger partial charge in [0.25, 0.3) is 10.0 Å². The Labute approximate surface area is 242 Å². The van der Waals surface area contributed by atoms with Crippen LogP contribution in [0.1, 0.15) is 56.4 Å². The van der Waals surface area contributed by atoms with Gasteiger partial charge in [0.2, 0.25) is 0 Å². The Hall–Kier alpha value is -3.82. The third-order valence-electron chi connectivity index (χ3n) is 6.74. The van der Waals surface area contributed by atoms with Gasteiger partial charge in [0.15, 0.2) is 0 Å². The fourth-order valence-electron chi connectivity index (χ4n) is 4.71. The second kappa shape index (κ2) is 12.4. The number of nitrogens with one attached hydrogen (secondary N) is 1. The van der Waals surface area contributed by atoms with Crippen LogP contribution in [0.25, 0.3) is 0 Å². The van der Waals surface area contributed by atoms with Crippen molar-refractivity contribution in [1.82, 2.24) is 5.32 Å². The van der Waals surface area contributed by atoms with Crippen molar-refractivity contribution in [3.05, 3.63) is 102 Å². The van der Waals surface area contributed by atoms with Gasteiger partial charge in [-0.25, -0.2) is 13.2 Å². The molecule has 2 unspecified atom stereocenters. The number of benzene rings is 3. The van der Waals surface area contributed by atoms with E-state index in [2.05, 4.69) is 11.9 Å². The van der Waals surface area contributed by atoms with Crippen molar-refractivity contribution in [2.45, 2.75) is 69.8 Å². The first-order chi connectivity index (χ1) is 19.4. The summed E-state index contributed by atoms with van der Waals surface area (Å²) in [5.74, 6) is 0.507. The summed E-state index contributed by atoms with van der Waals surface area (Å²) < 4.78 is 40.8. The topological polar surface area (TPSA) is 105 Å². The van der Waals surface area contributed by atoms with Crippen LogP contribution in [-0.4, -0.2) is 37.8 Å². The van der Waals surface area contributed by atoms with Crippen LogP contribution in [0.15, 0.2) is 89.8 Å². The van der Waals surface area contributed by atoms with Gasteiger partial charge in [-0.15, -0.1) is 0 Å². The number of nitrogens with zero attached hydrogens (tertiary/aromatic N) is 1. The van der Waals surface area contributed by atoms with E-state index in [0.29, 0.717) is 42.0 Å². The van der Waals surface area contributed by atoms with E-state index in [-0.39, 0.29) is 11.4 Å². The zero-order chi connectivity index (χ0) is 29.8. The van der Waals surface area contributed by atoms with E-state index in [9.17, 15) is 18.3 Å². The first-order valence-electron chi connectivity index (χ1n) is 13.6. The highest BCUT2D eigenvalue weighted by Crippen LogP contribution is 2.45. The maximum absolute atomic E-state index is 14.1. The standard InChI is InChI=1S/C32H38N2O6S/c1-22-13-16-26(17-14-22)41(37,38)34-28(12-9-19-33-31(36)40-32(3,4)5)23(2)30(35)27-20-25(15-18-29(27)34)39-21-24-10-7-6-8-11-24/h6-8,10-11,13-18,20,28,30,35H,2,9,12,19,21H2,1,3-5H3,(H,33,36). The molecule has 0 aromatic heterocycles. The minimum absolute atomic E-state index is 0.138. The Kier molecular flexibility index (Phi) is 9.09. The summed E-state index contributed by atoms with van der Waals surface area (Å²) >= 11 is 0. The van der Waals surface area contributed by atoms with Gasteiger partial charge in [0, 0.05) is 12.1 Å². The van der Waals surface area contributed by atoms with Gasteiger partial charge >= 0.3 is 6.09 Å². The molecule has 0 radical (unpaired) electrons. The molecule has 0 spiro atoms. The van der Waals surface area contributed by atoms with Gasteiger partial charge in [-0.3, -0.25) is 4.31 Å². The molecule has 41 heavy (non-hydrogen) atoms. The Morgan fingerprint density at radius 2 is 1.73 bits per heavy atom. The van der Waals surface area contributed by atoms with E-state index < -0.39 is 33.9 Å². The molecule has 3 aromatic carbocycles. The first kappa shape index (κ1) is 30.1. The molecule has 1 aliphatic heterocycles. The van der Waals surface area contributed by atoms with Crippen molar-refractivity contribution in [1.29, 1.82) is 0 Å². The fraction of sp³-hybridized carbons (Fsp3) is 0.344. The lowest BCUT2D eigenvalue weighted by molar-refractivity contribution is 0.0526. The number of anilines is 1. The number of carbonyl (C=O) groups is 1. The number of amides is 1. The molecule has 9 heteroatoms. The third-order valence-corrected chi connectivity index (χ3v) is 8.58. The molecule has 4 rings (SSSR count). The van der Waals surface area contributed by atoms with Crippen LogP contribution >= 0.6 is 0 Å². The molecule has 1 aliphatic rings. The van der Waals surface area contributed by atoms with Crippen LogP contribution in [0.4, 0.5) is 10.5 Å². The van der Waals surface area contributed by atoms with Crippen LogP contribution in [0.3, 0.4) is 0 Å². The molecule has 2 N–H and O–H groups in total. The number of ether oxygens (including phenoxy) is 2. The van der Waals surface area contributed by atoms with E-state index in [1.54, 1.807) is 63.2 Å². The number of alkyl carbamates (subject to hydrolysis) is 1. The zero-order valence-electron chi connectivity index (χ0n) is 24.0. The minimum Gasteiger partial charge on any atom is -0.489 e. The Morgan fingerprint density at radius 1 is 1.05 bits per heavy atom. The summed E-state index contributed by atoms with van der Waals surface area (Å²) in [7, 11) is -4.03. The maximum Gasteiger partial charge on any atom is 0.407 e. The van der Waals surface area contributed by atoms with Crippen molar-refractivity contribution in [2.75, 3.05) is 10.8 Å². The zero-order valence-corrected chi connectivity index (χ0v) is 24.8. The minimum atomic E-state index is -4.03. The lowest BCUT2D eigenvalue weighted by Gasteiger charge is -2.41. The van der Waals surface area contributed by atoms with Crippen LogP contribution in [0, 0.1) is 6.92 Å². The molecular weight excluding hydrogens is 540 g/mol. The van der Waals surface area contributed by atoms with E-state index in [1.165, 1.54) is 4.31 Å². The SMILES string of the molecule is C=C1C(O)c2cc(OCc3ccccc3)ccc2N(S(=O)(=O)c2ccc(C)cc2)C1CCCNC(=O)OC(C)(C)C. The third kappa shape index (κ3) is 7.28. The monoisotopic (exact) mass is 578 g/mol. The summed E-state index contributed by atoms with van der Waals surface area (Å²) in [4.78, 5) is 12.2. The van der Waals surface area contributed by atoms with Crippen LogP contribution in [0.2, 0.25) is 0 Å². The predicted molar refractivity (Wildman–Crippen MR) is 159 cm³/mol. The van der Waals surface area contributed by atoms with Crippen LogP contribution in [0.5, 0.6) is 5.75 Å². The van der Waals surface area contributed by atoms with Crippen LogP contribution in [-0.2, 0) is 21.4 Å². The molecule has 0 saturated carbocycles. The van der Waals surface area contributed by atoms with Gasteiger partial charge < -0.3 is 19.9 Å². The quantitative estimate of drug-likeness (QED) is 0.237. The van der Waals surface area contributed by atoms with Crippen molar-refractivity contribution < 1.29 is 27.8 Å². The molecule has 1 heterocycles. The van der Waals surface area contributed by atoms with Crippen molar-refractivity contribution in [3.8, 4) is 5.75 Å². The highest BCUT2D eigenvalue weighted by Gasteiger charge is 2.41. The molecule has 0 bridgehead atoms. The molecule has 8 nitrogen and oxygen atoms in total. The second-order valence-corrected chi connectivity index (χ2v) is 13.0. The summed E-state index contributed by atoms with van der Waals surface area (Å²) in [6.45, 7) is 12.0. The molecule has 0 aliphatic carbocycles. The fourth-order valence-corrected chi connectivity index (χ4v) is 6.42. The summed E-state index contributed by atoms with van der Waals surface area (Å²) in [6, 6.07) is 20.7. The number of aliphatic hydroxyl groups is 1. The number of carbonyl (C=O) groups excluding carboxylic acids is 1. The average molecular weight is 579 g/mol. The Morgan fingerprint density at radius 3 is 2.39 bits per heavy atom. The second-order valence-electron chi connectivity index (χ2n) is 11.2. The van der Waals surface area contributed by atoms with Gasteiger partial charge in [-0.05, 0) is 82.0 Å². The number of hydrogen-bond donors (Lipinski definition) is 2. The molecule has 2 atom stereocenters. The number of rotatable bonds is 9. The molecule has 218 valence electrons. The highest BCUT2D eigenvalue weighted by molar-refractivity contribution is 7.92. The summed E-state index contributed by atoms with van der Waals surface area (Å²) in [5.41, 5.74) is 2.41. The maximum atomic E-state index is 14.1. The average Bonchev–Trinajstić information content (AvgIpc) is 2.92. The number of sulfonamides is 1. The van der Waals surface area contributed by atoms with Gasteiger partial charge in [-0.1, -0.05) is 54.6 Å². The van der Waals surface area contributed by atoms with E-state index in [0.717, 1.165) is 11.1 Å². The van der Waals surface area contributed by atoms with Crippen LogP contribution < -0.4 is 14.4 Å². The number of aryl methyl sites for hydroxylation is 1. The number of hydrogen-bond acceptors (Lipinski definition) is 6. The molecule has 0 saturated heterocycles. The lowest BCUT2D eigenvalue weighted by Crippen LogP contribution is -2.46. The van der Waals surface area contributed by atoms with Crippen molar-refractivity contribution >= 4 is 21.8 Å². The Bertz CT molecular complexity index is 1480. The highest BCUT2D eigenvalue weighted by atomic mass is 32.2. The van der Waals surface area contributed by atoms with Crippen molar-refractivity contribution in [2.24, 2.45) is 0 Å². The predicted octanol–water partition coefficient (Wildman–Crippen LogP) is 6.05. The number of aliphatic hydroxyl groups excluding tert-OH is 1. The normalized spacial score (nSPS) is 17.1. The Balaban J connectivity index is 1.63. The molecular formula is C32H38N2O6S. The summed E-state index contributed by atoms with van der Waals surface area (Å²) in [6.07, 6.45) is -0.887. The van der Waals surface area contributed by atoms with Crippen molar-refractivity contribution in [3.63, 3.8) is 0 Å². The van der Waals surface area contributed by atoms with E-state index >= 15 is 0 Å².